The molecule has 0 amide bonds. The van der Waals surface area contributed by atoms with Gasteiger partial charge in [-0.25, -0.2) is 0 Å². The van der Waals surface area contributed by atoms with E-state index in [0.717, 1.165) is 130 Å². The Morgan fingerprint density at radius 3 is 1.32 bits per heavy atom. The van der Waals surface area contributed by atoms with E-state index in [0.29, 0.717) is 0 Å². The maximum atomic E-state index is 8.09. The number of fused-ring (bicyclic) bond motifs is 14. The topological polar surface area (TPSA) is 25.4 Å². The first-order valence-electron chi connectivity index (χ1n) is 36.3. The number of rotatable bonds is 11. The summed E-state index contributed by atoms with van der Waals surface area (Å²) in [6.45, 7) is -0.503. The van der Waals surface area contributed by atoms with Gasteiger partial charge in [0.1, 0.15) is 11.5 Å². The van der Waals surface area contributed by atoms with Crippen molar-refractivity contribution >= 4 is 195 Å². The molecule has 0 saturated carbocycles. The minimum atomic E-state index is -0.277. The molecule has 0 fully saturated rings. The summed E-state index contributed by atoms with van der Waals surface area (Å²) >= 11 is 3.73. The van der Waals surface area contributed by atoms with Crippen molar-refractivity contribution < 1.29 is 4.74 Å². The highest BCUT2D eigenvalue weighted by Gasteiger charge is 2.49. The van der Waals surface area contributed by atoms with Crippen LogP contribution in [0, 0.1) is 0 Å². The van der Waals surface area contributed by atoms with Crippen LogP contribution in [0.4, 0.5) is 85.3 Å². The molecule has 0 aliphatic carbocycles. The predicted octanol–water partition coefficient (Wildman–Crippen LogP) is 23.2. The molecule has 0 N–H and O–H groups in total. The number of benzene rings is 16. The van der Waals surface area contributed by atoms with Gasteiger partial charge in [0.2, 0.25) is 0 Å². The first-order chi connectivity index (χ1) is 52.6. The monoisotopic (exact) mass is 1390 g/mol. The Hall–Kier alpha value is -13.1. The van der Waals surface area contributed by atoms with Crippen LogP contribution in [0.5, 0.6) is 11.5 Å². The molecule has 0 unspecified atom stereocenters. The van der Waals surface area contributed by atoms with Crippen LogP contribution in [-0.4, -0.2) is 13.4 Å². The first kappa shape index (κ1) is 60.5. The quantitative estimate of drug-likeness (QED) is 0.120. The fourth-order valence-corrected chi connectivity index (χ4v) is 20.0. The molecule has 0 saturated heterocycles. The number of nitrogens with zero attached hydrogens (tertiary/aromatic N) is 5. The van der Waals surface area contributed by atoms with Crippen LogP contribution in [0.2, 0.25) is 0 Å². The van der Waals surface area contributed by atoms with E-state index < -0.39 is 0 Å². The molecule has 4 aliphatic rings. The summed E-state index contributed by atoms with van der Waals surface area (Å²) in [4.78, 5) is 12.6. The third kappa shape index (κ3) is 9.31. The van der Waals surface area contributed by atoms with Crippen molar-refractivity contribution in [2.24, 2.45) is 0 Å². The van der Waals surface area contributed by atoms with Gasteiger partial charge in [-0.05, 0) is 147 Å². The fraction of sp³-hybridized carbons (Fsp3) is 0. The number of hydrogen-bond acceptors (Lipinski definition) is 8. The highest BCUT2D eigenvalue weighted by molar-refractivity contribution is 7.27. The predicted molar refractivity (Wildman–Crippen MR) is 452 cm³/mol. The number of thiophene rings is 2. The van der Waals surface area contributed by atoms with Gasteiger partial charge in [0, 0.05) is 111 Å². The van der Waals surface area contributed by atoms with E-state index in [2.05, 4.69) is 395 Å². The molecule has 16 aromatic carbocycles. The largest absolute Gasteiger partial charge is 0.458 e. The lowest BCUT2D eigenvalue weighted by Crippen LogP contribution is -2.64. The molecular weight excluding hydrogens is 1320 g/mol. The second-order valence-electron chi connectivity index (χ2n) is 27.8. The van der Waals surface area contributed by atoms with Gasteiger partial charge >= 0.3 is 0 Å². The Morgan fingerprint density at radius 1 is 0.264 bits per heavy atom. The highest BCUT2D eigenvalue weighted by atomic mass is 32.1. The molecule has 0 radical (unpaired) electrons. The van der Waals surface area contributed by atoms with Crippen molar-refractivity contribution in [3.05, 3.63) is 370 Å². The van der Waals surface area contributed by atoms with Gasteiger partial charge in [0.25, 0.3) is 13.4 Å². The summed E-state index contributed by atoms with van der Waals surface area (Å²) in [5, 5.41) is 5.00. The Kier molecular flexibility index (Phi) is 13.8. The van der Waals surface area contributed by atoms with Crippen molar-refractivity contribution in [3.63, 3.8) is 0 Å². The van der Waals surface area contributed by atoms with Crippen LogP contribution in [0.25, 0.3) is 62.6 Å². The zero-order chi connectivity index (χ0) is 69.5. The second-order valence-corrected chi connectivity index (χ2v) is 29.9. The summed E-state index contributed by atoms with van der Waals surface area (Å²) in [6.07, 6.45) is 0. The van der Waals surface area contributed by atoms with E-state index in [-0.39, 0.29) is 13.4 Å². The first-order valence-corrected chi connectivity index (χ1v) is 37.9. The van der Waals surface area contributed by atoms with Gasteiger partial charge in [-0.15, -0.1) is 22.7 Å². The normalized spacial score (nSPS) is 12.9. The molecule has 4 aliphatic heterocycles. The molecule has 0 atom stereocenters. The van der Waals surface area contributed by atoms with E-state index in [1.54, 1.807) is 0 Å². The van der Waals surface area contributed by atoms with Gasteiger partial charge in [-0.3, -0.25) is 0 Å². The van der Waals surface area contributed by atoms with Crippen molar-refractivity contribution in [3.8, 4) is 33.8 Å². The summed E-state index contributed by atoms with van der Waals surface area (Å²) in [7, 11) is 0. The Balaban J connectivity index is 0.836. The molecule has 22 rings (SSSR count). The molecule has 106 heavy (non-hydrogen) atoms. The van der Waals surface area contributed by atoms with Crippen molar-refractivity contribution in [2.75, 3.05) is 24.5 Å². The highest BCUT2D eigenvalue weighted by Crippen LogP contribution is 2.55. The second kappa shape index (κ2) is 24.3. The fourth-order valence-electron chi connectivity index (χ4n) is 17.6. The molecular formula is C96H61B2N5OS2. The number of ether oxygens (including phenoxy) is 1. The smallest absolute Gasteiger partial charge is 0.256 e. The Morgan fingerprint density at radius 2 is 0.708 bits per heavy atom. The molecule has 18 aromatic rings. The Labute approximate surface area is 623 Å². The van der Waals surface area contributed by atoms with Gasteiger partial charge in [-0.2, -0.15) is 0 Å². The molecule has 6 heterocycles. The minimum absolute atomic E-state index is 0.226. The molecule has 10 heteroatoms. The summed E-state index contributed by atoms with van der Waals surface area (Å²) < 4.78 is 13.1. The average Bonchev–Trinajstić information content (AvgIpc) is 0.752. The van der Waals surface area contributed by atoms with Crippen LogP contribution in [0.15, 0.2) is 370 Å². The molecule has 0 bridgehead atoms. The van der Waals surface area contributed by atoms with E-state index in [1.165, 1.54) is 62.2 Å². The van der Waals surface area contributed by atoms with Crippen LogP contribution in [0.3, 0.4) is 0 Å². The van der Waals surface area contributed by atoms with Gasteiger partial charge in [0.15, 0.2) is 0 Å². The lowest BCUT2D eigenvalue weighted by molar-refractivity contribution is 0.488. The summed E-state index contributed by atoms with van der Waals surface area (Å²) in [6, 6.07) is 137. The maximum absolute atomic E-state index is 8.09. The standard InChI is InChI=1S/C96H61B2N5OS2/c1-7-30-62(31-8-1)70-44-27-45-71(63-32-9-2-10-33-63)94(70)103-81-51-24-22-49-77(81)98-79-60-78-84(61-88(79)104-89-59-69(58-87(103)93(89)98)100(66-38-15-5-16-39-66)82-52-28-46-74-72-42-19-25-54-90(72)105-95(74)82)101(67-40-17-6-18-41-67)85-56-68(99(64-34-11-3-12-35-64)65-36-13-4-14-37-65)57-86-92(85)97(78)76-48-21-23-50-80(76)102(86)83-53-29-47-75-73-43-20-26-55-91(73)106-96(75)83/h1-61H. The van der Waals surface area contributed by atoms with E-state index in [1.807, 2.05) is 22.7 Å². The Bertz CT molecular complexity index is 6460. The third-order valence-corrected chi connectivity index (χ3v) is 24.4. The van der Waals surface area contributed by atoms with Gasteiger partial charge < -0.3 is 29.2 Å². The van der Waals surface area contributed by atoms with E-state index >= 15 is 0 Å². The zero-order valence-electron chi connectivity index (χ0n) is 57.3. The zero-order valence-corrected chi connectivity index (χ0v) is 59.0. The summed E-state index contributed by atoms with van der Waals surface area (Å²) in [5.41, 5.74) is 27.7. The van der Waals surface area contributed by atoms with E-state index in [4.69, 9.17) is 4.74 Å². The maximum Gasteiger partial charge on any atom is 0.256 e. The minimum Gasteiger partial charge on any atom is -0.458 e. The molecule has 0 spiro atoms. The van der Waals surface area contributed by atoms with Gasteiger partial charge in [0.05, 0.1) is 37.8 Å². The van der Waals surface area contributed by atoms with Crippen LogP contribution < -0.4 is 62.0 Å². The van der Waals surface area contributed by atoms with E-state index in [9.17, 15) is 0 Å². The molecule has 494 valence electrons. The van der Waals surface area contributed by atoms with Crippen LogP contribution in [0.1, 0.15) is 0 Å². The lowest BCUT2D eigenvalue weighted by Gasteiger charge is -2.46. The van der Waals surface area contributed by atoms with Crippen molar-refractivity contribution in [2.45, 2.75) is 0 Å². The SMILES string of the molecule is c1ccc(-c2cccc(-c3ccccc3)c2N2c3ccccc3B3c4cc5c(cc4Oc4cc(N(c6ccccc6)c6cccc7c6sc6ccccc67)cc2c43)N(c2ccccc2)c2cc(N(c3ccccc3)c3ccccc3)cc3c2B5c2ccccc2N3c2cccc3c2sc2ccccc23)cc1. The molecule has 6 nitrogen and oxygen atoms in total. The van der Waals surface area contributed by atoms with Gasteiger partial charge in [-0.1, -0.05) is 255 Å². The van der Waals surface area contributed by atoms with Crippen LogP contribution in [-0.2, 0) is 0 Å². The number of para-hydroxylation sites is 7. The summed E-state index contributed by atoms with van der Waals surface area (Å²) in [5.74, 6) is 1.61. The van der Waals surface area contributed by atoms with Crippen molar-refractivity contribution in [1.29, 1.82) is 0 Å². The van der Waals surface area contributed by atoms with Crippen molar-refractivity contribution in [1.82, 2.24) is 0 Å². The average molecular weight is 1390 g/mol. The third-order valence-electron chi connectivity index (χ3n) is 22.0. The van der Waals surface area contributed by atoms with Crippen LogP contribution >= 0.6 is 22.7 Å². The molecule has 2 aromatic heterocycles. The number of anilines is 15. The lowest BCUT2D eigenvalue weighted by atomic mass is 9.30. The number of hydrogen-bond donors (Lipinski definition) is 0.